The summed E-state index contributed by atoms with van der Waals surface area (Å²) < 4.78 is 0.863. The van der Waals surface area contributed by atoms with Gasteiger partial charge in [-0.15, -0.1) is 11.3 Å². The first-order chi connectivity index (χ1) is 6.24. The van der Waals surface area contributed by atoms with Crippen molar-refractivity contribution in [2.24, 2.45) is 0 Å². The molecular weight excluding hydrogens is 272 g/mol. The van der Waals surface area contributed by atoms with Gasteiger partial charge < -0.3 is 5.11 Å². The van der Waals surface area contributed by atoms with E-state index in [2.05, 4.69) is 15.9 Å². The highest BCUT2D eigenvalue weighted by molar-refractivity contribution is 9.08. The van der Waals surface area contributed by atoms with Crippen LogP contribution in [0, 0.1) is 0 Å². The fraction of sp³-hybridized carbons (Fsp3) is 0.111. The molecule has 1 nitrogen and oxygen atoms in total. The molecule has 0 aliphatic rings. The number of hydrogen-bond donors (Lipinski definition) is 1. The molecule has 2 rings (SSSR count). The summed E-state index contributed by atoms with van der Waals surface area (Å²) >= 11 is 10.8. The van der Waals surface area contributed by atoms with E-state index in [9.17, 15) is 5.11 Å². The molecule has 13 heavy (non-hydrogen) atoms. The zero-order valence-electron chi connectivity index (χ0n) is 6.55. The zero-order valence-corrected chi connectivity index (χ0v) is 9.71. The maximum absolute atomic E-state index is 9.63. The van der Waals surface area contributed by atoms with Crippen molar-refractivity contribution in [3.05, 3.63) is 28.1 Å². The lowest BCUT2D eigenvalue weighted by Gasteiger charge is -2.02. The Kier molecular flexibility index (Phi) is 2.49. The Morgan fingerprint density at radius 3 is 3.00 bits per heavy atom. The maximum atomic E-state index is 9.63. The summed E-state index contributed by atoms with van der Waals surface area (Å²) in [6.07, 6.45) is 0. The van der Waals surface area contributed by atoms with Crippen molar-refractivity contribution < 1.29 is 5.11 Å². The van der Waals surface area contributed by atoms with Crippen molar-refractivity contribution in [1.82, 2.24) is 0 Å². The third-order valence-electron chi connectivity index (χ3n) is 1.90. The van der Waals surface area contributed by atoms with Crippen LogP contribution in [0.4, 0.5) is 0 Å². The number of phenolic OH excluding ortho intramolecular Hbond substituents is 1. The molecule has 0 saturated heterocycles. The molecule has 0 aliphatic carbocycles. The number of benzene rings is 1. The van der Waals surface area contributed by atoms with Gasteiger partial charge in [0.25, 0.3) is 0 Å². The zero-order chi connectivity index (χ0) is 9.42. The third kappa shape index (κ3) is 1.45. The molecule has 1 heterocycles. The standard InChI is InChI=1S/C9H6BrClOS/c10-4-5-3-7(11)8(12)9-6(5)1-2-13-9/h1-3,12H,4H2. The smallest absolute Gasteiger partial charge is 0.151 e. The second kappa shape index (κ2) is 3.48. The number of aromatic hydroxyl groups is 1. The number of thiophene rings is 1. The molecule has 0 aliphatic heterocycles. The Bertz CT molecular complexity index is 452. The predicted octanol–water partition coefficient (Wildman–Crippen LogP) is 4.16. The number of alkyl halides is 1. The normalized spacial score (nSPS) is 10.9. The molecule has 0 bridgehead atoms. The average Bonchev–Trinajstić information content (AvgIpc) is 2.60. The van der Waals surface area contributed by atoms with Crippen molar-refractivity contribution in [2.45, 2.75) is 5.33 Å². The largest absolute Gasteiger partial charge is 0.505 e. The summed E-state index contributed by atoms with van der Waals surface area (Å²) in [7, 11) is 0. The molecule has 68 valence electrons. The first-order valence-electron chi connectivity index (χ1n) is 3.67. The van der Waals surface area contributed by atoms with Crippen molar-refractivity contribution in [1.29, 1.82) is 0 Å². The van der Waals surface area contributed by atoms with Gasteiger partial charge in [-0.3, -0.25) is 0 Å². The Balaban J connectivity index is 2.87. The SMILES string of the molecule is Oc1c(Cl)cc(CBr)c2ccsc12. The molecule has 0 fully saturated rings. The fourth-order valence-corrected chi connectivity index (χ4v) is 2.90. The van der Waals surface area contributed by atoms with Crippen LogP contribution < -0.4 is 0 Å². The van der Waals surface area contributed by atoms with Gasteiger partial charge in [-0.05, 0) is 23.1 Å². The highest BCUT2D eigenvalue weighted by Gasteiger charge is 2.09. The van der Waals surface area contributed by atoms with Gasteiger partial charge >= 0.3 is 0 Å². The van der Waals surface area contributed by atoms with Crippen LogP contribution in [0.25, 0.3) is 10.1 Å². The van der Waals surface area contributed by atoms with E-state index in [1.165, 1.54) is 11.3 Å². The van der Waals surface area contributed by atoms with Gasteiger partial charge in [-0.1, -0.05) is 27.5 Å². The van der Waals surface area contributed by atoms with Gasteiger partial charge in [0, 0.05) is 10.7 Å². The molecule has 1 N–H and O–H groups in total. The summed E-state index contributed by atoms with van der Waals surface area (Å²) in [6.45, 7) is 0. The monoisotopic (exact) mass is 276 g/mol. The number of phenols is 1. The quantitative estimate of drug-likeness (QED) is 0.776. The average molecular weight is 278 g/mol. The van der Waals surface area contributed by atoms with Crippen LogP contribution in [0.5, 0.6) is 5.75 Å². The second-order valence-corrected chi connectivity index (χ2v) is 4.55. The predicted molar refractivity (Wildman–Crippen MR) is 61.1 cm³/mol. The minimum atomic E-state index is 0.191. The molecule has 0 atom stereocenters. The van der Waals surface area contributed by atoms with Crippen LogP contribution in [-0.2, 0) is 5.33 Å². The van der Waals surface area contributed by atoms with E-state index in [4.69, 9.17) is 11.6 Å². The number of fused-ring (bicyclic) bond motifs is 1. The minimum absolute atomic E-state index is 0.191. The van der Waals surface area contributed by atoms with Gasteiger partial charge in [0.2, 0.25) is 0 Å². The van der Waals surface area contributed by atoms with Gasteiger partial charge in [0.1, 0.15) is 0 Å². The molecule has 4 heteroatoms. The summed E-state index contributed by atoms with van der Waals surface area (Å²) in [5.41, 5.74) is 1.11. The summed E-state index contributed by atoms with van der Waals surface area (Å²) in [5, 5.41) is 13.8. The molecule has 1 aromatic carbocycles. The number of hydrogen-bond acceptors (Lipinski definition) is 2. The van der Waals surface area contributed by atoms with Gasteiger partial charge in [0.15, 0.2) is 5.75 Å². The van der Waals surface area contributed by atoms with E-state index in [0.29, 0.717) is 5.02 Å². The highest BCUT2D eigenvalue weighted by atomic mass is 79.9. The van der Waals surface area contributed by atoms with Crippen LogP contribution in [0.2, 0.25) is 5.02 Å². The number of halogens is 2. The maximum Gasteiger partial charge on any atom is 0.151 e. The Morgan fingerprint density at radius 1 is 1.54 bits per heavy atom. The van der Waals surface area contributed by atoms with E-state index >= 15 is 0 Å². The highest BCUT2D eigenvalue weighted by Crippen LogP contribution is 2.38. The Hall–Kier alpha value is -0.250. The lowest BCUT2D eigenvalue weighted by molar-refractivity contribution is 0.482. The molecule has 1 aromatic heterocycles. The van der Waals surface area contributed by atoms with Crippen molar-refractivity contribution >= 4 is 49.0 Å². The van der Waals surface area contributed by atoms with Crippen LogP contribution in [-0.4, -0.2) is 5.11 Å². The molecular formula is C9H6BrClOS. The van der Waals surface area contributed by atoms with Crippen molar-refractivity contribution in [3.8, 4) is 5.75 Å². The van der Waals surface area contributed by atoms with E-state index in [0.717, 1.165) is 21.0 Å². The summed E-state index contributed by atoms with van der Waals surface area (Å²) in [4.78, 5) is 0. The summed E-state index contributed by atoms with van der Waals surface area (Å²) in [6, 6.07) is 3.79. The molecule has 0 saturated carbocycles. The number of rotatable bonds is 1. The van der Waals surface area contributed by atoms with Crippen LogP contribution in [0.3, 0.4) is 0 Å². The minimum Gasteiger partial charge on any atom is -0.505 e. The molecule has 0 spiro atoms. The molecule has 0 radical (unpaired) electrons. The van der Waals surface area contributed by atoms with Gasteiger partial charge in [0.05, 0.1) is 9.72 Å². The Labute approximate surface area is 93.1 Å². The second-order valence-electron chi connectivity index (χ2n) is 2.66. The first-order valence-corrected chi connectivity index (χ1v) is 6.05. The van der Waals surface area contributed by atoms with Gasteiger partial charge in [-0.25, -0.2) is 0 Å². The topological polar surface area (TPSA) is 20.2 Å². The van der Waals surface area contributed by atoms with Crippen molar-refractivity contribution in [2.75, 3.05) is 0 Å². The molecule has 0 amide bonds. The van der Waals surface area contributed by atoms with E-state index in [1.54, 1.807) is 6.07 Å². The van der Waals surface area contributed by atoms with Crippen LogP contribution in [0.15, 0.2) is 17.5 Å². The Morgan fingerprint density at radius 2 is 2.31 bits per heavy atom. The third-order valence-corrected chi connectivity index (χ3v) is 3.71. The lowest BCUT2D eigenvalue weighted by Crippen LogP contribution is -1.79. The first kappa shape index (κ1) is 9.31. The van der Waals surface area contributed by atoms with Crippen LogP contribution >= 0.6 is 38.9 Å². The lowest BCUT2D eigenvalue weighted by atomic mass is 10.1. The van der Waals surface area contributed by atoms with Crippen LogP contribution in [0.1, 0.15) is 5.56 Å². The summed E-state index contributed by atoms with van der Waals surface area (Å²) in [5.74, 6) is 0.191. The van der Waals surface area contributed by atoms with Crippen molar-refractivity contribution in [3.63, 3.8) is 0 Å². The van der Waals surface area contributed by atoms with E-state index in [-0.39, 0.29) is 5.75 Å². The van der Waals surface area contributed by atoms with Gasteiger partial charge in [-0.2, -0.15) is 0 Å². The molecule has 0 unspecified atom stereocenters. The fourth-order valence-electron chi connectivity index (χ4n) is 1.26. The van der Waals surface area contributed by atoms with E-state index < -0.39 is 0 Å². The van der Waals surface area contributed by atoms with E-state index in [1.807, 2.05) is 11.4 Å². The molecule has 2 aromatic rings.